The Morgan fingerprint density at radius 3 is 2.54 bits per heavy atom. The van der Waals surface area contributed by atoms with Crippen LogP contribution < -0.4 is 10.2 Å². The zero-order valence-corrected chi connectivity index (χ0v) is 17.6. The van der Waals surface area contributed by atoms with Gasteiger partial charge in [-0.3, -0.25) is 4.79 Å². The van der Waals surface area contributed by atoms with Gasteiger partial charge in [-0.05, 0) is 31.5 Å². The van der Waals surface area contributed by atoms with Crippen molar-refractivity contribution in [2.75, 3.05) is 18.0 Å². The summed E-state index contributed by atoms with van der Waals surface area (Å²) in [5, 5.41) is 12.7. The van der Waals surface area contributed by atoms with Gasteiger partial charge < -0.3 is 20.1 Å². The fraction of sp³-hybridized carbons (Fsp3) is 0.368. The first-order valence-corrected chi connectivity index (χ1v) is 9.89. The molecule has 1 aromatic carbocycles. The number of amides is 1. The third-order valence-corrected chi connectivity index (χ3v) is 5.45. The van der Waals surface area contributed by atoms with Gasteiger partial charge in [-0.15, -0.1) is 0 Å². The monoisotopic (exact) mass is 443 g/mol. The second-order valence-electron chi connectivity index (χ2n) is 6.75. The van der Waals surface area contributed by atoms with E-state index < -0.39 is 11.7 Å². The number of carbonyl (C=O) groups excluding carboxylic acids is 1. The van der Waals surface area contributed by atoms with Crippen molar-refractivity contribution in [1.29, 1.82) is 0 Å². The molecule has 3 rings (SSSR count). The van der Waals surface area contributed by atoms with Gasteiger partial charge >= 0.3 is 0 Å². The summed E-state index contributed by atoms with van der Waals surface area (Å²) in [6.07, 6.45) is 1.99. The lowest BCUT2D eigenvalue weighted by molar-refractivity contribution is -0.00546. The van der Waals surface area contributed by atoms with E-state index in [2.05, 4.69) is 15.2 Å². The van der Waals surface area contributed by atoms with Gasteiger partial charge in [-0.2, -0.15) is 0 Å². The SMILES string of the molecule is CC1CN(c2ccc(CNC(=O)c3c(O)c(Cl)cc(Cl)c3Cl)cn2)CC(C)O1. The molecule has 0 saturated carbocycles. The number of hydrogen-bond acceptors (Lipinski definition) is 5. The normalized spacial score (nSPS) is 19.5. The summed E-state index contributed by atoms with van der Waals surface area (Å²) in [5.74, 6) is -0.121. The Balaban J connectivity index is 1.66. The number of ether oxygens (including phenoxy) is 1. The standard InChI is InChI=1S/C19H20Cl3N3O3/c1-10-8-25(9-11(2)28-10)15-4-3-12(6-23-15)7-24-19(27)16-17(22)13(20)5-14(21)18(16)26/h3-6,10-11,26H,7-9H2,1-2H3,(H,24,27). The first-order valence-electron chi connectivity index (χ1n) is 8.76. The van der Waals surface area contributed by atoms with Crippen LogP contribution in [0.25, 0.3) is 0 Å². The first-order chi connectivity index (χ1) is 13.3. The summed E-state index contributed by atoms with van der Waals surface area (Å²) in [6, 6.07) is 5.08. The predicted octanol–water partition coefficient (Wildman–Crippen LogP) is 4.29. The number of morpholine rings is 1. The smallest absolute Gasteiger partial charge is 0.256 e. The fourth-order valence-corrected chi connectivity index (χ4v) is 3.83. The first kappa shape index (κ1) is 21.0. The molecule has 1 aliphatic rings. The lowest BCUT2D eigenvalue weighted by atomic mass is 10.1. The molecule has 1 aliphatic heterocycles. The van der Waals surface area contributed by atoms with E-state index in [0.717, 1.165) is 24.5 Å². The minimum Gasteiger partial charge on any atom is -0.505 e. The van der Waals surface area contributed by atoms with Crippen LogP contribution in [0.4, 0.5) is 5.82 Å². The van der Waals surface area contributed by atoms with Gasteiger partial charge in [0.05, 0.1) is 27.3 Å². The predicted molar refractivity (Wildman–Crippen MR) is 111 cm³/mol. The van der Waals surface area contributed by atoms with Crippen molar-refractivity contribution in [2.45, 2.75) is 32.6 Å². The number of nitrogens with one attached hydrogen (secondary N) is 1. The van der Waals surface area contributed by atoms with E-state index in [1.807, 2.05) is 26.0 Å². The molecule has 2 atom stereocenters. The van der Waals surface area contributed by atoms with Crippen molar-refractivity contribution < 1.29 is 14.6 Å². The molecule has 0 aliphatic carbocycles. The third-order valence-electron chi connectivity index (χ3n) is 4.38. The second-order valence-corrected chi connectivity index (χ2v) is 7.94. The van der Waals surface area contributed by atoms with E-state index in [4.69, 9.17) is 39.5 Å². The van der Waals surface area contributed by atoms with Crippen molar-refractivity contribution in [3.05, 3.63) is 50.6 Å². The maximum Gasteiger partial charge on any atom is 0.256 e. The average Bonchev–Trinajstić information content (AvgIpc) is 2.64. The minimum atomic E-state index is -0.577. The van der Waals surface area contributed by atoms with Gasteiger partial charge in [0, 0.05) is 25.8 Å². The van der Waals surface area contributed by atoms with Crippen molar-refractivity contribution in [1.82, 2.24) is 10.3 Å². The molecule has 2 N–H and O–H groups in total. The van der Waals surface area contributed by atoms with Crippen LogP contribution in [0, 0.1) is 0 Å². The molecular formula is C19H20Cl3N3O3. The van der Waals surface area contributed by atoms with Crippen molar-refractivity contribution in [2.24, 2.45) is 0 Å². The number of carbonyl (C=O) groups is 1. The van der Waals surface area contributed by atoms with Crippen LogP contribution >= 0.6 is 34.8 Å². The summed E-state index contributed by atoms with van der Waals surface area (Å²) in [4.78, 5) is 19.1. The molecule has 6 nitrogen and oxygen atoms in total. The quantitative estimate of drug-likeness (QED) is 0.688. The van der Waals surface area contributed by atoms with E-state index in [9.17, 15) is 9.90 Å². The molecule has 9 heteroatoms. The van der Waals surface area contributed by atoms with E-state index >= 15 is 0 Å². The molecule has 2 unspecified atom stereocenters. The number of nitrogens with zero attached hydrogens (tertiary/aromatic N) is 2. The zero-order chi connectivity index (χ0) is 20.4. The number of hydrogen-bond donors (Lipinski definition) is 2. The Kier molecular flexibility index (Phi) is 6.55. The van der Waals surface area contributed by atoms with Crippen LogP contribution in [0.3, 0.4) is 0 Å². The number of halogens is 3. The molecule has 1 aromatic heterocycles. The van der Waals surface area contributed by atoms with Crippen molar-refractivity contribution in [3.63, 3.8) is 0 Å². The average molecular weight is 445 g/mol. The lowest BCUT2D eigenvalue weighted by Crippen LogP contribution is -2.45. The highest BCUT2D eigenvalue weighted by atomic mass is 35.5. The molecule has 150 valence electrons. The number of anilines is 1. The third kappa shape index (κ3) is 4.63. The summed E-state index contributed by atoms with van der Waals surface area (Å²) in [6.45, 7) is 5.84. The number of pyridine rings is 1. The number of aromatic nitrogens is 1. The van der Waals surface area contributed by atoms with Gasteiger partial charge in [0.2, 0.25) is 0 Å². The zero-order valence-electron chi connectivity index (χ0n) is 15.4. The molecule has 28 heavy (non-hydrogen) atoms. The number of aromatic hydroxyl groups is 1. The van der Waals surface area contributed by atoms with Crippen LogP contribution in [0.5, 0.6) is 5.75 Å². The maximum atomic E-state index is 12.4. The molecule has 1 fully saturated rings. The van der Waals surface area contributed by atoms with Crippen LogP contribution in [0.1, 0.15) is 29.8 Å². The molecule has 0 radical (unpaired) electrons. The van der Waals surface area contributed by atoms with E-state index in [1.165, 1.54) is 6.07 Å². The Hall–Kier alpha value is -1.73. The second kappa shape index (κ2) is 8.74. The molecule has 2 aromatic rings. The topological polar surface area (TPSA) is 74.7 Å². The maximum absolute atomic E-state index is 12.4. The summed E-state index contributed by atoms with van der Waals surface area (Å²) in [5.41, 5.74) is 0.648. The van der Waals surface area contributed by atoms with E-state index in [1.54, 1.807) is 6.20 Å². The summed E-state index contributed by atoms with van der Waals surface area (Å²) < 4.78 is 5.74. The fourth-order valence-electron chi connectivity index (χ4n) is 3.14. The van der Waals surface area contributed by atoms with Crippen LogP contribution in [-0.4, -0.2) is 41.3 Å². The van der Waals surface area contributed by atoms with Crippen LogP contribution in [0.15, 0.2) is 24.4 Å². The van der Waals surface area contributed by atoms with E-state index in [0.29, 0.717) is 0 Å². The van der Waals surface area contributed by atoms with Crippen LogP contribution in [0.2, 0.25) is 15.1 Å². The highest BCUT2D eigenvalue weighted by molar-refractivity contribution is 6.45. The Morgan fingerprint density at radius 2 is 1.93 bits per heavy atom. The van der Waals surface area contributed by atoms with Gasteiger partial charge in [-0.1, -0.05) is 40.9 Å². The molecule has 1 amide bonds. The molecule has 1 saturated heterocycles. The number of phenols is 1. The molecule has 2 heterocycles. The van der Waals surface area contributed by atoms with Gasteiger partial charge in [0.25, 0.3) is 5.91 Å². The highest BCUT2D eigenvalue weighted by Gasteiger charge is 2.23. The number of benzene rings is 1. The Bertz CT molecular complexity index is 841. The minimum absolute atomic E-state index is 0.0421. The van der Waals surface area contributed by atoms with Crippen LogP contribution in [-0.2, 0) is 11.3 Å². The summed E-state index contributed by atoms with van der Waals surface area (Å²) in [7, 11) is 0. The Morgan fingerprint density at radius 1 is 1.25 bits per heavy atom. The number of rotatable bonds is 4. The summed E-state index contributed by atoms with van der Waals surface area (Å²) >= 11 is 17.8. The highest BCUT2D eigenvalue weighted by Crippen LogP contribution is 2.38. The van der Waals surface area contributed by atoms with Crippen molar-refractivity contribution >= 4 is 46.5 Å². The lowest BCUT2D eigenvalue weighted by Gasteiger charge is -2.36. The molecular weight excluding hydrogens is 425 g/mol. The molecule has 0 spiro atoms. The number of phenolic OH excluding ortho intramolecular Hbond substituents is 1. The Labute approximate surface area is 178 Å². The van der Waals surface area contributed by atoms with Gasteiger partial charge in [-0.25, -0.2) is 4.98 Å². The van der Waals surface area contributed by atoms with Gasteiger partial charge in [0.1, 0.15) is 17.1 Å². The van der Waals surface area contributed by atoms with E-state index in [-0.39, 0.29) is 39.4 Å². The van der Waals surface area contributed by atoms with Gasteiger partial charge in [0.15, 0.2) is 0 Å². The molecule has 0 bridgehead atoms. The van der Waals surface area contributed by atoms with Crippen molar-refractivity contribution in [3.8, 4) is 5.75 Å². The largest absolute Gasteiger partial charge is 0.505 e.